The fourth-order valence-electron chi connectivity index (χ4n) is 2.20. The number of sulfone groups is 1. The van der Waals surface area contributed by atoms with Crippen molar-refractivity contribution in [3.8, 4) is 0 Å². The van der Waals surface area contributed by atoms with Crippen molar-refractivity contribution in [2.75, 3.05) is 12.3 Å². The molecule has 0 aliphatic heterocycles. The number of benzene rings is 1. The Bertz CT molecular complexity index is 459. The van der Waals surface area contributed by atoms with Crippen LogP contribution in [0.15, 0.2) is 29.2 Å². The van der Waals surface area contributed by atoms with Crippen LogP contribution in [0, 0.1) is 0 Å². The van der Waals surface area contributed by atoms with Crippen molar-refractivity contribution in [2.45, 2.75) is 51.0 Å². The van der Waals surface area contributed by atoms with Crippen LogP contribution in [0.3, 0.4) is 0 Å². The third-order valence-corrected chi connectivity index (χ3v) is 5.03. The van der Waals surface area contributed by atoms with Gasteiger partial charge in [0.25, 0.3) is 0 Å². The number of likely N-dealkylation sites (N-methyl/N-ethyl adjacent to an activating group) is 1. The lowest BCUT2D eigenvalue weighted by Crippen LogP contribution is -2.30. The van der Waals surface area contributed by atoms with E-state index < -0.39 is 9.84 Å². The van der Waals surface area contributed by atoms with E-state index in [0.717, 1.165) is 25.8 Å². The molecule has 1 N–H and O–H groups in total. The van der Waals surface area contributed by atoms with E-state index in [9.17, 15) is 8.42 Å². The minimum Gasteiger partial charge on any atom is -0.314 e. The Morgan fingerprint density at radius 2 is 1.74 bits per heavy atom. The van der Waals surface area contributed by atoms with Gasteiger partial charge in [-0.25, -0.2) is 8.42 Å². The van der Waals surface area contributed by atoms with E-state index in [0.29, 0.717) is 10.9 Å². The molecule has 0 bridgehead atoms. The van der Waals surface area contributed by atoms with E-state index in [4.69, 9.17) is 0 Å². The first-order valence-corrected chi connectivity index (χ1v) is 8.73. The van der Waals surface area contributed by atoms with Gasteiger partial charge >= 0.3 is 0 Å². The van der Waals surface area contributed by atoms with Gasteiger partial charge in [-0.1, -0.05) is 39.3 Å². The summed E-state index contributed by atoms with van der Waals surface area (Å²) in [6.07, 6.45) is 3.25. The summed E-state index contributed by atoms with van der Waals surface area (Å²) in [5.41, 5.74) is 1.19. The lowest BCUT2D eigenvalue weighted by atomic mass is 10.0. The van der Waals surface area contributed by atoms with E-state index in [-0.39, 0.29) is 5.75 Å². The van der Waals surface area contributed by atoms with Crippen molar-refractivity contribution in [3.63, 3.8) is 0 Å². The molecule has 1 aromatic carbocycles. The molecule has 1 unspecified atom stereocenters. The molecule has 1 atom stereocenters. The van der Waals surface area contributed by atoms with E-state index in [1.165, 1.54) is 5.56 Å². The Balaban J connectivity index is 2.76. The molecule has 0 amide bonds. The van der Waals surface area contributed by atoms with Crippen molar-refractivity contribution in [1.29, 1.82) is 0 Å². The summed E-state index contributed by atoms with van der Waals surface area (Å²) >= 11 is 0. The molecule has 19 heavy (non-hydrogen) atoms. The van der Waals surface area contributed by atoms with Crippen molar-refractivity contribution < 1.29 is 8.42 Å². The summed E-state index contributed by atoms with van der Waals surface area (Å²) in [5, 5.41) is 3.47. The summed E-state index contributed by atoms with van der Waals surface area (Å²) in [4.78, 5) is 0.425. The van der Waals surface area contributed by atoms with Gasteiger partial charge in [-0.15, -0.1) is 0 Å². The quantitative estimate of drug-likeness (QED) is 0.798. The molecule has 108 valence electrons. The predicted molar refractivity (Wildman–Crippen MR) is 80.2 cm³/mol. The maximum absolute atomic E-state index is 11.7. The standard InChI is InChI=1S/C15H25NO2S/c1-4-7-14(16-5-2)12-13-8-10-15(11-9-13)19(17,18)6-3/h8-11,14,16H,4-7,12H2,1-3H3. The fourth-order valence-corrected chi connectivity index (χ4v) is 3.08. The van der Waals surface area contributed by atoms with Gasteiger partial charge in [0.15, 0.2) is 9.84 Å². The maximum atomic E-state index is 11.7. The van der Waals surface area contributed by atoms with Crippen LogP contribution in [0.5, 0.6) is 0 Å². The van der Waals surface area contributed by atoms with E-state index in [1.54, 1.807) is 19.1 Å². The van der Waals surface area contributed by atoms with Gasteiger partial charge in [-0.3, -0.25) is 0 Å². The monoisotopic (exact) mass is 283 g/mol. The summed E-state index contributed by atoms with van der Waals surface area (Å²) in [5.74, 6) is 0.155. The van der Waals surface area contributed by atoms with Gasteiger partial charge in [-0.2, -0.15) is 0 Å². The third kappa shape index (κ3) is 4.96. The molecule has 4 heteroatoms. The third-order valence-electron chi connectivity index (χ3n) is 3.27. The van der Waals surface area contributed by atoms with Crippen LogP contribution in [0.25, 0.3) is 0 Å². The number of hydrogen-bond donors (Lipinski definition) is 1. The largest absolute Gasteiger partial charge is 0.314 e. The lowest BCUT2D eigenvalue weighted by Gasteiger charge is -2.17. The Morgan fingerprint density at radius 3 is 2.21 bits per heavy atom. The first kappa shape index (κ1) is 16.2. The zero-order valence-corrected chi connectivity index (χ0v) is 13.0. The first-order chi connectivity index (χ1) is 9.03. The SMILES string of the molecule is CCCC(Cc1ccc(S(=O)(=O)CC)cc1)NCC. The van der Waals surface area contributed by atoms with Gasteiger partial charge in [0, 0.05) is 6.04 Å². The maximum Gasteiger partial charge on any atom is 0.178 e. The number of rotatable bonds is 8. The second-order valence-electron chi connectivity index (χ2n) is 4.79. The Labute approximate surface area is 117 Å². The molecule has 1 aromatic rings. The average Bonchev–Trinajstić information content (AvgIpc) is 2.40. The molecular weight excluding hydrogens is 258 g/mol. The van der Waals surface area contributed by atoms with Crippen molar-refractivity contribution >= 4 is 9.84 Å². The smallest absolute Gasteiger partial charge is 0.178 e. The van der Waals surface area contributed by atoms with E-state index >= 15 is 0 Å². The molecule has 0 heterocycles. The molecule has 0 saturated heterocycles. The molecule has 1 rings (SSSR count). The van der Waals surface area contributed by atoms with Crippen LogP contribution in [0.1, 0.15) is 39.2 Å². The highest BCUT2D eigenvalue weighted by Crippen LogP contribution is 2.14. The van der Waals surface area contributed by atoms with Crippen molar-refractivity contribution in [2.24, 2.45) is 0 Å². The summed E-state index contributed by atoms with van der Waals surface area (Å²) in [6.45, 7) is 6.93. The van der Waals surface area contributed by atoms with Gasteiger partial charge in [0.1, 0.15) is 0 Å². The molecule has 0 aliphatic rings. The second-order valence-corrected chi connectivity index (χ2v) is 7.07. The van der Waals surface area contributed by atoms with Crippen LogP contribution >= 0.6 is 0 Å². The van der Waals surface area contributed by atoms with Crippen LogP contribution < -0.4 is 5.32 Å². The Kier molecular flexibility index (Phi) is 6.52. The lowest BCUT2D eigenvalue weighted by molar-refractivity contribution is 0.486. The van der Waals surface area contributed by atoms with Crippen LogP contribution in [-0.4, -0.2) is 26.8 Å². The summed E-state index contributed by atoms with van der Waals surface area (Å²) in [7, 11) is -3.08. The zero-order chi connectivity index (χ0) is 14.3. The zero-order valence-electron chi connectivity index (χ0n) is 12.1. The highest BCUT2D eigenvalue weighted by Gasteiger charge is 2.12. The van der Waals surface area contributed by atoms with Crippen LogP contribution in [-0.2, 0) is 16.3 Å². The van der Waals surface area contributed by atoms with Crippen LogP contribution in [0.2, 0.25) is 0 Å². The van der Waals surface area contributed by atoms with Crippen molar-refractivity contribution in [1.82, 2.24) is 5.32 Å². The molecule has 0 radical (unpaired) electrons. The Hall–Kier alpha value is -0.870. The second kappa shape index (κ2) is 7.65. The summed E-state index contributed by atoms with van der Waals surface area (Å²) < 4.78 is 23.5. The van der Waals surface area contributed by atoms with E-state index in [1.807, 2.05) is 12.1 Å². The van der Waals surface area contributed by atoms with Gasteiger partial charge < -0.3 is 5.32 Å². The molecule has 0 aliphatic carbocycles. The molecule has 0 fully saturated rings. The number of hydrogen-bond acceptors (Lipinski definition) is 3. The topological polar surface area (TPSA) is 46.2 Å². The van der Waals surface area contributed by atoms with E-state index in [2.05, 4.69) is 19.2 Å². The Morgan fingerprint density at radius 1 is 1.11 bits per heavy atom. The van der Waals surface area contributed by atoms with Gasteiger partial charge in [0.05, 0.1) is 10.6 Å². The average molecular weight is 283 g/mol. The molecular formula is C15H25NO2S. The minimum absolute atomic E-state index is 0.155. The predicted octanol–water partition coefficient (Wildman–Crippen LogP) is 2.80. The van der Waals surface area contributed by atoms with Crippen LogP contribution in [0.4, 0.5) is 0 Å². The first-order valence-electron chi connectivity index (χ1n) is 7.08. The minimum atomic E-state index is -3.08. The molecule has 3 nitrogen and oxygen atoms in total. The number of nitrogens with one attached hydrogen (secondary N) is 1. The van der Waals surface area contributed by atoms with Gasteiger partial charge in [-0.05, 0) is 37.1 Å². The summed E-state index contributed by atoms with van der Waals surface area (Å²) in [6, 6.07) is 7.79. The highest BCUT2D eigenvalue weighted by atomic mass is 32.2. The van der Waals surface area contributed by atoms with Gasteiger partial charge in [0.2, 0.25) is 0 Å². The fraction of sp³-hybridized carbons (Fsp3) is 0.600. The van der Waals surface area contributed by atoms with Crippen molar-refractivity contribution in [3.05, 3.63) is 29.8 Å². The molecule has 0 aromatic heterocycles. The normalized spacial score (nSPS) is 13.4. The molecule has 0 saturated carbocycles. The highest BCUT2D eigenvalue weighted by molar-refractivity contribution is 7.91. The molecule has 0 spiro atoms.